The summed E-state index contributed by atoms with van der Waals surface area (Å²) in [6.45, 7) is 3.45. The summed E-state index contributed by atoms with van der Waals surface area (Å²) in [5, 5.41) is 2.73. The fourth-order valence-corrected chi connectivity index (χ4v) is 3.77. The summed E-state index contributed by atoms with van der Waals surface area (Å²) in [5.74, 6) is 0.671. The molecular formula is C22H22N. The van der Waals surface area contributed by atoms with Gasteiger partial charge >= 0.3 is 0 Å². The van der Waals surface area contributed by atoms with Crippen molar-refractivity contribution >= 4 is 10.8 Å². The molecular weight excluding hydrogens is 278 g/mol. The fourth-order valence-electron chi connectivity index (χ4n) is 3.77. The molecule has 0 N–H and O–H groups in total. The van der Waals surface area contributed by atoms with Gasteiger partial charge in [0, 0.05) is 6.54 Å². The third-order valence-electron chi connectivity index (χ3n) is 5.03. The third-order valence-corrected chi connectivity index (χ3v) is 5.03. The number of likely N-dealkylation sites (tertiary alicyclic amines) is 1. The summed E-state index contributed by atoms with van der Waals surface area (Å²) in [6.07, 6.45) is 2.49. The van der Waals surface area contributed by atoms with Crippen LogP contribution in [0.1, 0.15) is 29.9 Å². The molecule has 1 nitrogen and oxygen atoms in total. The van der Waals surface area contributed by atoms with Crippen molar-refractivity contribution in [3.8, 4) is 0 Å². The molecule has 4 rings (SSSR count). The molecule has 0 bridgehead atoms. The zero-order chi connectivity index (χ0) is 15.5. The maximum atomic E-state index is 3.34. The van der Waals surface area contributed by atoms with E-state index in [0.717, 1.165) is 6.54 Å². The van der Waals surface area contributed by atoms with E-state index in [1.54, 1.807) is 0 Å². The second-order valence-electron chi connectivity index (χ2n) is 6.53. The number of piperidine rings is 1. The van der Waals surface area contributed by atoms with E-state index in [4.69, 9.17) is 0 Å². The molecule has 1 aliphatic heterocycles. The quantitative estimate of drug-likeness (QED) is 0.656. The van der Waals surface area contributed by atoms with Gasteiger partial charge in [-0.15, -0.1) is 0 Å². The minimum Gasteiger partial charge on any atom is -0.299 e. The third kappa shape index (κ3) is 3.16. The van der Waals surface area contributed by atoms with Crippen molar-refractivity contribution in [3.05, 3.63) is 83.9 Å². The van der Waals surface area contributed by atoms with Gasteiger partial charge in [-0.1, -0.05) is 60.7 Å². The van der Waals surface area contributed by atoms with Crippen molar-refractivity contribution < 1.29 is 0 Å². The molecule has 1 fully saturated rings. The Balaban J connectivity index is 1.47. The number of rotatable bonds is 3. The van der Waals surface area contributed by atoms with Gasteiger partial charge in [0.15, 0.2) is 0 Å². The van der Waals surface area contributed by atoms with Gasteiger partial charge in [-0.2, -0.15) is 0 Å². The second kappa shape index (κ2) is 6.55. The highest BCUT2D eigenvalue weighted by molar-refractivity contribution is 5.86. The largest absolute Gasteiger partial charge is 0.299 e. The Bertz CT molecular complexity index is 765. The molecule has 3 aromatic rings. The highest BCUT2D eigenvalue weighted by Crippen LogP contribution is 2.33. The summed E-state index contributed by atoms with van der Waals surface area (Å²) in [6, 6.07) is 27.2. The van der Waals surface area contributed by atoms with Gasteiger partial charge in [-0.05, 0) is 65.9 Å². The lowest BCUT2D eigenvalue weighted by Crippen LogP contribution is -2.32. The van der Waals surface area contributed by atoms with Gasteiger partial charge < -0.3 is 0 Å². The molecule has 1 aliphatic rings. The second-order valence-corrected chi connectivity index (χ2v) is 6.53. The van der Waals surface area contributed by atoms with Crippen LogP contribution >= 0.6 is 0 Å². The molecule has 3 aromatic carbocycles. The van der Waals surface area contributed by atoms with Crippen molar-refractivity contribution in [2.45, 2.75) is 25.3 Å². The molecule has 1 radical (unpaired) electrons. The smallest absolute Gasteiger partial charge is 0.0233 e. The van der Waals surface area contributed by atoms with E-state index >= 15 is 0 Å². The molecule has 115 valence electrons. The van der Waals surface area contributed by atoms with Crippen molar-refractivity contribution in [1.29, 1.82) is 0 Å². The maximum Gasteiger partial charge on any atom is 0.0233 e. The van der Waals surface area contributed by atoms with Crippen LogP contribution in [0.3, 0.4) is 0 Å². The summed E-state index contributed by atoms with van der Waals surface area (Å²) in [5.41, 5.74) is 2.91. The van der Waals surface area contributed by atoms with Crippen molar-refractivity contribution in [3.63, 3.8) is 0 Å². The van der Waals surface area contributed by atoms with Gasteiger partial charge in [0.2, 0.25) is 0 Å². The monoisotopic (exact) mass is 300 g/mol. The Morgan fingerprint density at radius 2 is 1.61 bits per heavy atom. The maximum absolute atomic E-state index is 3.34. The van der Waals surface area contributed by atoms with Crippen LogP contribution in [0.15, 0.2) is 66.7 Å². The predicted molar refractivity (Wildman–Crippen MR) is 96.5 cm³/mol. The van der Waals surface area contributed by atoms with E-state index in [0.29, 0.717) is 5.92 Å². The molecule has 23 heavy (non-hydrogen) atoms. The van der Waals surface area contributed by atoms with Crippen LogP contribution in [0, 0.1) is 6.07 Å². The van der Waals surface area contributed by atoms with Crippen molar-refractivity contribution in [2.24, 2.45) is 0 Å². The lowest BCUT2D eigenvalue weighted by atomic mass is 9.86. The van der Waals surface area contributed by atoms with Crippen molar-refractivity contribution in [2.75, 3.05) is 13.1 Å². The summed E-state index contributed by atoms with van der Waals surface area (Å²) >= 11 is 0. The Kier molecular flexibility index (Phi) is 4.12. The summed E-state index contributed by atoms with van der Waals surface area (Å²) in [7, 11) is 0. The minimum absolute atomic E-state index is 0.671. The molecule has 1 heterocycles. The van der Waals surface area contributed by atoms with Crippen LogP contribution in [-0.4, -0.2) is 18.0 Å². The molecule has 1 saturated heterocycles. The SMILES string of the molecule is [c]1cc(C2CCN(Cc3ccccc3)CC2)c2ccccc2c1. The van der Waals surface area contributed by atoms with Crippen LogP contribution in [0.2, 0.25) is 0 Å². The topological polar surface area (TPSA) is 3.24 Å². The Hall–Kier alpha value is -2.12. The normalized spacial score (nSPS) is 16.7. The van der Waals surface area contributed by atoms with Gasteiger partial charge in [-0.3, -0.25) is 4.90 Å². The van der Waals surface area contributed by atoms with Crippen molar-refractivity contribution in [1.82, 2.24) is 4.90 Å². The molecule has 0 saturated carbocycles. The first-order valence-electron chi connectivity index (χ1n) is 8.55. The van der Waals surface area contributed by atoms with Crippen LogP contribution in [0.4, 0.5) is 0 Å². The zero-order valence-corrected chi connectivity index (χ0v) is 13.4. The lowest BCUT2D eigenvalue weighted by molar-refractivity contribution is 0.205. The van der Waals surface area contributed by atoms with Crippen LogP contribution < -0.4 is 0 Å². The number of benzene rings is 3. The predicted octanol–water partition coefficient (Wildman–Crippen LogP) is 5.02. The zero-order valence-electron chi connectivity index (χ0n) is 13.4. The number of fused-ring (bicyclic) bond motifs is 1. The molecule has 0 amide bonds. The first-order valence-corrected chi connectivity index (χ1v) is 8.55. The first-order chi connectivity index (χ1) is 11.4. The first kappa shape index (κ1) is 14.5. The number of hydrogen-bond donors (Lipinski definition) is 0. The molecule has 0 spiro atoms. The van der Waals surface area contributed by atoms with Gasteiger partial charge in [0.25, 0.3) is 0 Å². The van der Waals surface area contributed by atoms with E-state index in [2.05, 4.69) is 77.7 Å². The van der Waals surface area contributed by atoms with Crippen LogP contribution in [-0.2, 0) is 6.54 Å². The molecule has 1 heteroatoms. The molecule has 0 atom stereocenters. The van der Waals surface area contributed by atoms with E-state index in [1.165, 1.54) is 47.8 Å². The Morgan fingerprint density at radius 1 is 0.870 bits per heavy atom. The van der Waals surface area contributed by atoms with Gasteiger partial charge in [0.1, 0.15) is 0 Å². The highest BCUT2D eigenvalue weighted by atomic mass is 15.1. The molecule has 0 aliphatic carbocycles. The molecule has 0 aromatic heterocycles. The average molecular weight is 300 g/mol. The van der Waals surface area contributed by atoms with Crippen LogP contribution in [0.5, 0.6) is 0 Å². The fraction of sp³-hybridized carbons (Fsp3) is 0.273. The van der Waals surface area contributed by atoms with E-state index in [1.807, 2.05) is 0 Å². The standard InChI is InChI=1S/C22H22N/c1-2-7-18(8-3-1)17-23-15-13-20(14-16-23)22-12-6-10-19-9-4-5-11-21(19)22/h1-5,7-12,20H,13-17H2. The lowest BCUT2D eigenvalue weighted by Gasteiger charge is -2.32. The van der Waals surface area contributed by atoms with Crippen LogP contribution in [0.25, 0.3) is 10.8 Å². The highest BCUT2D eigenvalue weighted by Gasteiger charge is 2.21. The van der Waals surface area contributed by atoms with E-state index in [-0.39, 0.29) is 0 Å². The van der Waals surface area contributed by atoms with Gasteiger partial charge in [0.05, 0.1) is 0 Å². The van der Waals surface area contributed by atoms with Gasteiger partial charge in [-0.25, -0.2) is 0 Å². The average Bonchev–Trinajstić information content (AvgIpc) is 2.63. The minimum atomic E-state index is 0.671. The molecule has 0 unspecified atom stereocenters. The Morgan fingerprint density at radius 3 is 2.43 bits per heavy atom. The number of nitrogens with zero attached hydrogens (tertiary/aromatic N) is 1. The van der Waals surface area contributed by atoms with E-state index in [9.17, 15) is 0 Å². The Labute approximate surface area is 138 Å². The van der Waals surface area contributed by atoms with E-state index < -0.39 is 0 Å². The summed E-state index contributed by atoms with van der Waals surface area (Å²) in [4.78, 5) is 2.58. The number of hydrogen-bond acceptors (Lipinski definition) is 1. The summed E-state index contributed by atoms with van der Waals surface area (Å²) < 4.78 is 0.